The Hall–Kier alpha value is -1.70. The summed E-state index contributed by atoms with van der Waals surface area (Å²) in [5.74, 6) is 2.50. The largest absolute Gasteiger partial charge is 0.428 e. The van der Waals surface area contributed by atoms with Gasteiger partial charge in [0.1, 0.15) is 0 Å². The van der Waals surface area contributed by atoms with E-state index in [9.17, 15) is 4.79 Å². The molecule has 1 amide bonds. The molecule has 2 rings (SSSR count). The molecule has 1 aromatic rings. The number of aryl methyl sites for hydroxylation is 1. The van der Waals surface area contributed by atoms with E-state index >= 15 is 0 Å². The van der Waals surface area contributed by atoms with Crippen molar-refractivity contribution in [1.29, 1.82) is 0 Å². The number of hydrogen-bond acceptors (Lipinski definition) is 3. The van der Waals surface area contributed by atoms with Crippen LogP contribution in [-0.2, 0) is 11.2 Å². The minimum absolute atomic E-state index is 0.0112. The van der Waals surface area contributed by atoms with Gasteiger partial charge < -0.3 is 15.4 Å². The van der Waals surface area contributed by atoms with Crippen molar-refractivity contribution in [2.24, 2.45) is 5.73 Å². The van der Waals surface area contributed by atoms with Gasteiger partial charge >= 0.3 is 6.09 Å². The Labute approximate surface area is 136 Å². The molecule has 0 radical (unpaired) electrons. The van der Waals surface area contributed by atoms with Gasteiger partial charge in [0.25, 0.3) is 0 Å². The highest BCUT2D eigenvalue weighted by molar-refractivity contribution is 6.31. The quantitative estimate of drug-likeness (QED) is 0.865. The number of amides is 1. The van der Waals surface area contributed by atoms with Gasteiger partial charge in [0.15, 0.2) is 6.10 Å². The van der Waals surface area contributed by atoms with Crippen LogP contribution in [0, 0.1) is 12.3 Å². The number of carbonyl (C=O) groups excluding carboxylic acids is 1. The Bertz CT molecular complexity index is 609. The highest BCUT2D eigenvalue weighted by atomic mass is 35.5. The van der Waals surface area contributed by atoms with Crippen LogP contribution in [0.4, 0.5) is 4.79 Å². The van der Waals surface area contributed by atoms with Crippen LogP contribution in [0.3, 0.4) is 0 Å². The summed E-state index contributed by atoms with van der Waals surface area (Å²) >= 11 is 6.31. The highest BCUT2D eigenvalue weighted by Crippen LogP contribution is 2.36. The maximum absolute atomic E-state index is 12.0. The lowest BCUT2D eigenvalue weighted by Gasteiger charge is -2.21. The van der Waals surface area contributed by atoms with E-state index in [0.717, 1.165) is 30.4 Å². The number of hydrogen-bond donors (Lipinski definition) is 1. The van der Waals surface area contributed by atoms with E-state index in [1.165, 1.54) is 4.90 Å². The summed E-state index contributed by atoms with van der Waals surface area (Å²) in [6.45, 7) is 2.60. The third kappa shape index (κ3) is 3.37. The Morgan fingerprint density at radius 1 is 1.64 bits per heavy atom. The second-order valence-corrected chi connectivity index (χ2v) is 5.98. The van der Waals surface area contributed by atoms with Crippen molar-refractivity contribution >= 4 is 17.7 Å². The molecule has 0 bridgehead atoms. The van der Waals surface area contributed by atoms with Crippen LogP contribution in [0.5, 0.6) is 0 Å². The number of nitrogens with zero attached hydrogens (tertiary/aromatic N) is 1. The van der Waals surface area contributed by atoms with Gasteiger partial charge in [-0.15, -0.1) is 6.42 Å². The van der Waals surface area contributed by atoms with Crippen molar-refractivity contribution < 1.29 is 9.53 Å². The van der Waals surface area contributed by atoms with Crippen LogP contribution in [0.1, 0.15) is 48.6 Å². The fourth-order valence-electron chi connectivity index (χ4n) is 2.68. The maximum atomic E-state index is 12.0. The highest BCUT2D eigenvalue weighted by Gasteiger charge is 2.25. The molecule has 0 fully saturated rings. The third-order valence-electron chi connectivity index (χ3n) is 3.91. The van der Waals surface area contributed by atoms with Crippen LogP contribution >= 0.6 is 11.6 Å². The number of rotatable bonds is 4. The van der Waals surface area contributed by atoms with Crippen molar-refractivity contribution in [2.75, 3.05) is 13.6 Å². The van der Waals surface area contributed by atoms with Crippen LogP contribution < -0.4 is 5.73 Å². The van der Waals surface area contributed by atoms with Gasteiger partial charge in [-0.1, -0.05) is 24.4 Å². The normalized spacial score (nSPS) is 17.5. The zero-order valence-electron chi connectivity index (χ0n) is 12.9. The van der Waals surface area contributed by atoms with Crippen LogP contribution in [0.25, 0.3) is 0 Å². The molecule has 5 heteroatoms. The molecular formula is C17H21ClN2O2. The number of fused-ring (bicyclic) bond motifs is 1. The first kappa shape index (κ1) is 16.7. The van der Waals surface area contributed by atoms with E-state index in [4.69, 9.17) is 28.5 Å². The number of halogens is 1. The van der Waals surface area contributed by atoms with E-state index in [0.29, 0.717) is 17.1 Å². The van der Waals surface area contributed by atoms with Crippen LogP contribution in [0.2, 0.25) is 5.02 Å². The molecule has 22 heavy (non-hydrogen) atoms. The van der Waals surface area contributed by atoms with Gasteiger partial charge in [0.05, 0.1) is 0 Å². The minimum atomic E-state index is -0.808. The smallest absolute Gasteiger partial charge is 0.411 e. The Morgan fingerprint density at radius 2 is 2.36 bits per heavy atom. The molecular weight excluding hydrogens is 300 g/mol. The van der Waals surface area contributed by atoms with Gasteiger partial charge in [-0.05, 0) is 42.5 Å². The molecule has 0 spiro atoms. The van der Waals surface area contributed by atoms with Crippen molar-refractivity contribution in [2.45, 2.75) is 38.3 Å². The van der Waals surface area contributed by atoms with Crippen molar-refractivity contribution in [3.63, 3.8) is 0 Å². The van der Waals surface area contributed by atoms with Gasteiger partial charge in [-0.3, -0.25) is 0 Å². The summed E-state index contributed by atoms with van der Waals surface area (Å²) in [7, 11) is 1.68. The third-order valence-corrected chi connectivity index (χ3v) is 4.23. The maximum Gasteiger partial charge on any atom is 0.411 e. The second-order valence-electron chi connectivity index (χ2n) is 5.57. The molecule has 0 saturated carbocycles. The predicted octanol–water partition coefficient (Wildman–Crippen LogP) is 3.44. The van der Waals surface area contributed by atoms with Gasteiger partial charge in [-0.25, -0.2) is 4.79 Å². The Kier molecular flexibility index (Phi) is 5.33. The predicted molar refractivity (Wildman–Crippen MR) is 87.7 cm³/mol. The first-order valence-electron chi connectivity index (χ1n) is 7.43. The van der Waals surface area contributed by atoms with Crippen molar-refractivity contribution in [3.8, 4) is 12.3 Å². The fourth-order valence-corrected chi connectivity index (χ4v) is 2.97. The number of benzene rings is 1. The molecule has 1 aromatic carbocycles. The second kappa shape index (κ2) is 7.04. The van der Waals surface area contributed by atoms with E-state index < -0.39 is 12.2 Å². The molecule has 118 valence electrons. The summed E-state index contributed by atoms with van der Waals surface area (Å²) in [6.07, 6.45) is 6.94. The average Bonchev–Trinajstić information content (AvgIpc) is 2.84. The lowest BCUT2D eigenvalue weighted by molar-refractivity contribution is 0.0909. The summed E-state index contributed by atoms with van der Waals surface area (Å²) in [6, 6.07) is 3.75. The molecule has 1 aliphatic rings. The minimum Gasteiger partial charge on any atom is -0.428 e. The Morgan fingerprint density at radius 3 is 3.00 bits per heavy atom. The number of nitrogens with two attached hydrogens (primary N) is 1. The standard InChI is InChI=1S/C17H21ClN2O2/c1-4-8-20(3)17(21)22-16(5-2)13-10-12-11(9-14(13)18)6-7-15(12)19/h2,9-10,15-16H,4,6-8,19H2,1,3H3. The van der Waals surface area contributed by atoms with Gasteiger partial charge in [-0.2, -0.15) is 0 Å². The van der Waals surface area contributed by atoms with Crippen LogP contribution in [-0.4, -0.2) is 24.6 Å². The summed E-state index contributed by atoms with van der Waals surface area (Å²) < 4.78 is 5.40. The lowest BCUT2D eigenvalue weighted by atomic mass is 10.0. The summed E-state index contributed by atoms with van der Waals surface area (Å²) in [5, 5.41) is 0.516. The van der Waals surface area contributed by atoms with E-state index in [2.05, 4.69) is 5.92 Å². The van der Waals surface area contributed by atoms with E-state index in [1.807, 2.05) is 19.1 Å². The molecule has 2 N–H and O–H groups in total. The lowest BCUT2D eigenvalue weighted by Crippen LogP contribution is -2.29. The first-order valence-corrected chi connectivity index (χ1v) is 7.81. The molecule has 2 atom stereocenters. The summed E-state index contributed by atoms with van der Waals surface area (Å²) in [5.41, 5.74) is 8.89. The molecule has 1 aliphatic carbocycles. The molecule has 0 saturated heterocycles. The molecule has 2 unspecified atom stereocenters. The first-order chi connectivity index (χ1) is 10.5. The zero-order valence-corrected chi connectivity index (χ0v) is 13.7. The number of terminal acetylenes is 1. The summed E-state index contributed by atoms with van der Waals surface area (Å²) in [4.78, 5) is 13.5. The van der Waals surface area contributed by atoms with Gasteiger partial charge in [0, 0.05) is 30.2 Å². The molecule has 0 aromatic heterocycles. The molecule has 4 nitrogen and oxygen atoms in total. The average molecular weight is 321 g/mol. The Balaban J connectivity index is 2.23. The van der Waals surface area contributed by atoms with Crippen LogP contribution in [0.15, 0.2) is 12.1 Å². The SMILES string of the molecule is C#CC(OC(=O)N(C)CCC)c1cc2c(cc1Cl)CCC2N. The van der Waals surface area contributed by atoms with Crippen molar-refractivity contribution in [1.82, 2.24) is 4.90 Å². The van der Waals surface area contributed by atoms with E-state index in [1.54, 1.807) is 7.05 Å². The molecule has 0 heterocycles. The molecule has 0 aliphatic heterocycles. The number of carbonyl (C=O) groups is 1. The van der Waals surface area contributed by atoms with Crippen molar-refractivity contribution in [3.05, 3.63) is 33.8 Å². The van der Waals surface area contributed by atoms with Gasteiger partial charge in [0.2, 0.25) is 0 Å². The zero-order chi connectivity index (χ0) is 16.3. The topological polar surface area (TPSA) is 55.6 Å². The monoisotopic (exact) mass is 320 g/mol. The van der Waals surface area contributed by atoms with E-state index in [-0.39, 0.29) is 6.04 Å². The fraction of sp³-hybridized carbons (Fsp3) is 0.471. The number of ether oxygens (including phenoxy) is 1.